The lowest BCUT2D eigenvalue weighted by molar-refractivity contribution is -0.129. The summed E-state index contributed by atoms with van der Waals surface area (Å²) in [6.07, 6.45) is 7.78. The summed E-state index contributed by atoms with van der Waals surface area (Å²) in [5, 5.41) is 3.73. The van der Waals surface area contributed by atoms with E-state index in [2.05, 4.69) is 16.8 Å². The first kappa shape index (κ1) is 39.5. The normalized spacial score (nSPS) is 12.8. The van der Waals surface area contributed by atoms with Gasteiger partial charge in [-0.1, -0.05) is 74.0 Å². The molecule has 4 rings (SSSR count). The van der Waals surface area contributed by atoms with Crippen LogP contribution in [-0.4, -0.2) is 79.2 Å². The van der Waals surface area contributed by atoms with E-state index < -0.39 is 5.91 Å². The van der Waals surface area contributed by atoms with Gasteiger partial charge in [-0.15, -0.1) is 0 Å². The number of hydrogen-bond donors (Lipinski definition) is 1. The minimum absolute atomic E-state index is 0.135. The Morgan fingerprint density at radius 3 is 2.33 bits per heavy atom. The molecule has 1 aromatic heterocycles. The fraction of sp³-hybridized carbons (Fsp3) is 0.368. The van der Waals surface area contributed by atoms with Gasteiger partial charge in [0, 0.05) is 63.5 Å². The maximum atomic E-state index is 12.6. The molecule has 2 heterocycles. The zero-order chi connectivity index (χ0) is 35.6. The number of rotatable bonds is 12. The molecule has 1 saturated heterocycles. The van der Waals surface area contributed by atoms with E-state index in [-0.39, 0.29) is 29.5 Å². The average molecular weight is 677 g/mol. The zero-order valence-electron chi connectivity index (χ0n) is 29.1. The lowest BCUT2D eigenvalue weighted by atomic mass is 10.1. The highest BCUT2D eigenvalue weighted by molar-refractivity contribution is 6.30. The summed E-state index contributed by atoms with van der Waals surface area (Å²) in [6.45, 7) is 14.2. The highest BCUT2D eigenvalue weighted by Crippen LogP contribution is 2.17. The molecule has 0 radical (unpaired) electrons. The Hall–Kier alpha value is -4.63. The van der Waals surface area contributed by atoms with Gasteiger partial charge >= 0.3 is 0 Å². The molecule has 0 saturated carbocycles. The number of nitrogens with one attached hydrogen (secondary N) is 1. The third-order valence-electron chi connectivity index (χ3n) is 7.52. The van der Waals surface area contributed by atoms with Crippen molar-refractivity contribution in [1.29, 1.82) is 0 Å². The molecule has 0 spiro atoms. The number of allylic oxidation sites excluding steroid dienone is 3. The number of fused-ring (bicyclic) bond motifs is 1. The summed E-state index contributed by atoms with van der Waals surface area (Å²) < 4.78 is 5.53. The zero-order valence-corrected chi connectivity index (χ0v) is 29.8. The van der Waals surface area contributed by atoms with Gasteiger partial charge in [-0.3, -0.25) is 19.2 Å². The number of likely N-dealkylation sites (N-methyl/N-ethyl adjacent to an activating group) is 2. The van der Waals surface area contributed by atoms with Gasteiger partial charge in [0.15, 0.2) is 11.2 Å². The van der Waals surface area contributed by atoms with Crippen molar-refractivity contribution in [2.45, 2.75) is 47.0 Å². The van der Waals surface area contributed by atoms with Crippen molar-refractivity contribution in [3.8, 4) is 0 Å². The number of carbonyl (C=O) groups excluding carboxylic acids is 3. The third kappa shape index (κ3) is 12.5. The Labute approximate surface area is 289 Å². The van der Waals surface area contributed by atoms with Gasteiger partial charge in [0.2, 0.25) is 11.8 Å². The molecule has 1 aliphatic heterocycles. The Balaban J connectivity index is 0.000000690. The van der Waals surface area contributed by atoms with Crippen molar-refractivity contribution in [3.63, 3.8) is 0 Å². The molecule has 0 bridgehead atoms. The predicted molar refractivity (Wildman–Crippen MR) is 195 cm³/mol. The second-order valence-electron chi connectivity index (χ2n) is 11.2. The van der Waals surface area contributed by atoms with Crippen LogP contribution in [0.15, 0.2) is 99.9 Å². The van der Waals surface area contributed by atoms with Gasteiger partial charge in [0.25, 0.3) is 5.91 Å². The summed E-state index contributed by atoms with van der Waals surface area (Å²) in [5.41, 5.74) is 3.35. The van der Waals surface area contributed by atoms with Crippen LogP contribution in [0.3, 0.4) is 0 Å². The van der Waals surface area contributed by atoms with Crippen LogP contribution < -0.4 is 10.7 Å². The van der Waals surface area contributed by atoms with Crippen LogP contribution in [0.5, 0.6) is 0 Å². The van der Waals surface area contributed by atoms with Gasteiger partial charge in [-0.25, -0.2) is 0 Å². The highest BCUT2D eigenvalue weighted by Gasteiger charge is 2.21. The molecule has 1 aliphatic rings. The second-order valence-corrected chi connectivity index (χ2v) is 11.7. The number of para-hydroxylation sites is 1. The smallest absolute Gasteiger partial charge is 0.287 e. The van der Waals surface area contributed by atoms with Crippen LogP contribution in [0.1, 0.15) is 56.2 Å². The Bertz CT molecular complexity index is 1620. The number of aryl methyl sites for hydroxylation is 1. The number of hydrogen-bond acceptors (Lipinski definition) is 6. The molecule has 258 valence electrons. The third-order valence-corrected chi connectivity index (χ3v) is 7.77. The van der Waals surface area contributed by atoms with Gasteiger partial charge < -0.3 is 24.4 Å². The van der Waals surface area contributed by atoms with Crippen LogP contribution in [0, 0.1) is 6.92 Å². The van der Waals surface area contributed by atoms with Crippen molar-refractivity contribution >= 4 is 40.3 Å². The van der Waals surface area contributed by atoms with Gasteiger partial charge in [0.1, 0.15) is 5.58 Å². The fourth-order valence-electron chi connectivity index (χ4n) is 4.91. The monoisotopic (exact) mass is 676 g/mol. The molecule has 0 aliphatic carbocycles. The lowest BCUT2D eigenvalue weighted by Gasteiger charge is -2.26. The minimum Gasteiger partial charge on any atom is -0.451 e. The van der Waals surface area contributed by atoms with Crippen LogP contribution in [-0.2, 0) is 9.59 Å². The lowest BCUT2D eigenvalue weighted by Crippen LogP contribution is -2.39. The number of nitrogens with zero attached hydrogens (tertiary/aromatic N) is 3. The van der Waals surface area contributed by atoms with E-state index in [1.165, 1.54) is 5.56 Å². The number of halogens is 1. The molecule has 1 N–H and O–H groups in total. The largest absolute Gasteiger partial charge is 0.451 e. The Morgan fingerprint density at radius 1 is 1.04 bits per heavy atom. The maximum Gasteiger partial charge on any atom is 0.287 e. The number of carbonyl (C=O) groups is 3. The van der Waals surface area contributed by atoms with Crippen molar-refractivity contribution in [2.24, 2.45) is 0 Å². The molecule has 3 amide bonds. The standard InChI is InChI=1S/C29H36N4O5.C7H7Cl.C2H6/c1-5-6-12-23(21(2)20-33-17-9-14-27(33)35)31(3)15-10-16-32(4)28(36)19-30-29(37)26-18-24(34)22-11-7-8-13-25(22)38-26;1-6-2-4-7(8)5-3-6;1-2/h5-8,11-13,18H,1,9-10,14-17,19-20H2,2-4H3,(H,30,37);2-5H,1H3;1-2H3/b12-6-,23-21-;;. The van der Waals surface area contributed by atoms with Crippen molar-refractivity contribution in [1.82, 2.24) is 20.0 Å². The van der Waals surface area contributed by atoms with Crippen molar-refractivity contribution in [3.05, 3.63) is 117 Å². The molecule has 3 aromatic rings. The van der Waals surface area contributed by atoms with E-state index in [4.69, 9.17) is 16.0 Å². The fourth-order valence-corrected chi connectivity index (χ4v) is 5.04. The van der Waals surface area contributed by atoms with Crippen molar-refractivity contribution in [2.75, 3.05) is 46.8 Å². The van der Waals surface area contributed by atoms with Gasteiger partial charge in [-0.05, 0) is 62.6 Å². The minimum atomic E-state index is -0.620. The van der Waals surface area contributed by atoms with E-state index in [9.17, 15) is 19.2 Å². The first-order valence-corrected chi connectivity index (χ1v) is 16.6. The molecular weight excluding hydrogens is 628 g/mol. The van der Waals surface area contributed by atoms with E-state index in [0.29, 0.717) is 43.4 Å². The summed E-state index contributed by atoms with van der Waals surface area (Å²) in [5.74, 6) is -0.821. The molecular formula is C38H49ClN4O5. The first-order chi connectivity index (χ1) is 23.0. The molecule has 9 nitrogen and oxygen atoms in total. The van der Waals surface area contributed by atoms with E-state index in [0.717, 1.165) is 35.3 Å². The molecule has 1 fully saturated rings. The maximum absolute atomic E-state index is 12.6. The molecule has 48 heavy (non-hydrogen) atoms. The first-order valence-electron chi connectivity index (χ1n) is 16.2. The van der Waals surface area contributed by atoms with E-state index >= 15 is 0 Å². The van der Waals surface area contributed by atoms with Crippen LogP contribution in [0.2, 0.25) is 5.02 Å². The summed E-state index contributed by atoms with van der Waals surface area (Å²) in [7, 11) is 3.67. The summed E-state index contributed by atoms with van der Waals surface area (Å²) >= 11 is 5.61. The Morgan fingerprint density at radius 2 is 1.71 bits per heavy atom. The van der Waals surface area contributed by atoms with Crippen LogP contribution in [0.25, 0.3) is 11.0 Å². The topological polar surface area (TPSA) is 103 Å². The van der Waals surface area contributed by atoms with Crippen molar-refractivity contribution < 1.29 is 18.8 Å². The van der Waals surface area contributed by atoms with Gasteiger partial charge in [0.05, 0.1) is 11.9 Å². The average Bonchev–Trinajstić information content (AvgIpc) is 3.49. The van der Waals surface area contributed by atoms with E-state index in [1.807, 2.05) is 76.1 Å². The van der Waals surface area contributed by atoms with Gasteiger partial charge in [-0.2, -0.15) is 0 Å². The van der Waals surface area contributed by atoms with Crippen LogP contribution in [0.4, 0.5) is 0 Å². The number of amides is 3. The molecule has 10 heteroatoms. The van der Waals surface area contributed by atoms with E-state index in [1.54, 1.807) is 42.3 Å². The summed E-state index contributed by atoms with van der Waals surface area (Å²) in [6, 6.07) is 15.6. The summed E-state index contributed by atoms with van der Waals surface area (Å²) in [4.78, 5) is 54.9. The SMILES string of the molecule is C=C/C=C\C(=C(/C)CN1CCCC1=O)N(C)CCCN(C)C(=O)CNC(=O)c1cc(=O)c2ccccc2o1.CC.Cc1ccc(Cl)cc1. The Kier molecular flexibility index (Phi) is 17.0. The highest BCUT2D eigenvalue weighted by atomic mass is 35.5. The van der Waals surface area contributed by atoms with Crippen LogP contribution >= 0.6 is 11.6 Å². The number of benzene rings is 2. The molecule has 2 aromatic carbocycles. The second kappa shape index (κ2) is 20.6. The molecule has 0 unspecified atom stereocenters. The number of likely N-dealkylation sites (tertiary alicyclic amines) is 1. The quantitative estimate of drug-likeness (QED) is 0.217. The predicted octanol–water partition coefficient (Wildman–Crippen LogP) is 6.62. The molecule has 0 atom stereocenters.